The van der Waals surface area contributed by atoms with Gasteiger partial charge in [-0.3, -0.25) is 4.99 Å². The molecule has 0 aromatic carbocycles. The molecular formula is C18H34N4O4. The van der Waals surface area contributed by atoms with Gasteiger partial charge in [0.2, 0.25) is 0 Å². The van der Waals surface area contributed by atoms with Crippen LogP contribution in [0.5, 0.6) is 0 Å². The van der Waals surface area contributed by atoms with Gasteiger partial charge in [0.25, 0.3) is 0 Å². The van der Waals surface area contributed by atoms with E-state index in [9.17, 15) is 4.79 Å². The summed E-state index contributed by atoms with van der Waals surface area (Å²) < 4.78 is 16.5. The van der Waals surface area contributed by atoms with Crippen LogP contribution in [0.4, 0.5) is 4.79 Å². The molecule has 0 aromatic rings. The third kappa shape index (κ3) is 7.37. The van der Waals surface area contributed by atoms with E-state index in [4.69, 9.17) is 19.9 Å². The third-order valence-corrected chi connectivity index (χ3v) is 4.30. The average Bonchev–Trinajstić information content (AvgIpc) is 3.10. The molecule has 2 saturated heterocycles. The normalized spacial score (nSPS) is 22.0. The molecule has 2 heterocycles. The molecule has 2 N–H and O–H groups in total. The molecule has 0 aromatic heterocycles. The zero-order chi connectivity index (χ0) is 19.0. The van der Waals surface area contributed by atoms with E-state index < -0.39 is 5.60 Å². The molecule has 2 aliphatic heterocycles. The SMILES string of the molecule is CC(C)(C)OC(=O)N1CCN(C(N)=NCCCOCC2CCCO2)CC1. The number of aliphatic imine (C=N–C) groups is 1. The highest BCUT2D eigenvalue weighted by molar-refractivity contribution is 5.78. The van der Waals surface area contributed by atoms with Crippen molar-refractivity contribution in [1.29, 1.82) is 0 Å². The fourth-order valence-corrected chi connectivity index (χ4v) is 2.90. The fourth-order valence-electron chi connectivity index (χ4n) is 2.90. The maximum atomic E-state index is 12.1. The molecule has 0 aliphatic carbocycles. The minimum Gasteiger partial charge on any atom is -0.444 e. The molecule has 8 nitrogen and oxygen atoms in total. The Bertz CT molecular complexity index is 464. The van der Waals surface area contributed by atoms with Crippen LogP contribution in [0.2, 0.25) is 0 Å². The smallest absolute Gasteiger partial charge is 0.410 e. The van der Waals surface area contributed by atoms with Crippen molar-refractivity contribution in [2.45, 2.75) is 51.7 Å². The van der Waals surface area contributed by atoms with Gasteiger partial charge in [-0.15, -0.1) is 0 Å². The fraction of sp³-hybridized carbons (Fsp3) is 0.889. The standard InChI is InChI=1S/C18H34N4O4/c1-18(2,3)26-17(23)22-10-8-21(9-11-22)16(19)20-7-5-12-24-14-15-6-4-13-25-15/h15H,4-14H2,1-3H3,(H2,19,20). The van der Waals surface area contributed by atoms with Gasteiger partial charge in [-0.05, 0) is 40.0 Å². The molecule has 1 atom stereocenters. The maximum absolute atomic E-state index is 12.1. The van der Waals surface area contributed by atoms with E-state index in [-0.39, 0.29) is 12.2 Å². The van der Waals surface area contributed by atoms with Crippen LogP contribution in [-0.2, 0) is 14.2 Å². The van der Waals surface area contributed by atoms with Gasteiger partial charge in [0.15, 0.2) is 5.96 Å². The van der Waals surface area contributed by atoms with E-state index >= 15 is 0 Å². The molecule has 8 heteroatoms. The quantitative estimate of drug-likeness (QED) is 0.432. The summed E-state index contributed by atoms with van der Waals surface area (Å²) in [6, 6.07) is 0. The van der Waals surface area contributed by atoms with Crippen LogP contribution in [0.1, 0.15) is 40.0 Å². The maximum Gasteiger partial charge on any atom is 0.410 e. The predicted octanol–water partition coefficient (Wildman–Crippen LogP) is 1.44. The molecule has 2 rings (SSSR count). The second kappa shape index (κ2) is 9.97. The zero-order valence-corrected chi connectivity index (χ0v) is 16.4. The van der Waals surface area contributed by atoms with Crippen LogP contribution < -0.4 is 5.73 Å². The number of hydrogen-bond acceptors (Lipinski definition) is 5. The lowest BCUT2D eigenvalue weighted by Crippen LogP contribution is -2.53. The van der Waals surface area contributed by atoms with Crippen LogP contribution in [0.25, 0.3) is 0 Å². The summed E-state index contributed by atoms with van der Waals surface area (Å²) in [4.78, 5) is 20.2. The second-order valence-electron chi connectivity index (χ2n) is 7.76. The zero-order valence-electron chi connectivity index (χ0n) is 16.4. The molecular weight excluding hydrogens is 336 g/mol. The molecule has 2 aliphatic rings. The number of ether oxygens (including phenoxy) is 3. The van der Waals surface area contributed by atoms with E-state index in [0.717, 1.165) is 25.9 Å². The van der Waals surface area contributed by atoms with E-state index in [1.807, 2.05) is 25.7 Å². The number of amides is 1. The van der Waals surface area contributed by atoms with Gasteiger partial charge in [0.05, 0.1) is 12.7 Å². The van der Waals surface area contributed by atoms with Crippen LogP contribution in [-0.4, -0.2) is 86.1 Å². The van der Waals surface area contributed by atoms with Crippen LogP contribution >= 0.6 is 0 Å². The van der Waals surface area contributed by atoms with Crippen molar-refractivity contribution in [3.8, 4) is 0 Å². The number of rotatable bonds is 6. The summed E-state index contributed by atoms with van der Waals surface area (Å²) in [7, 11) is 0. The van der Waals surface area contributed by atoms with Crippen molar-refractivity contribution in [1.82, 2.24) is 9.80 Å². The first kappa shape index (κ1) is 20.8. The first-order valence-corrected chi connectivity index (χ1v) is 9.57. The lowest BCUT2D eigenvalue weighted by atomic mass is 10.2. The van der Waals surface area contributed by atoms with Crippen molar-refractivity contribution in [2.75, 3.05) is 52.5 Å². The van der Waals surface area contributed by atoms with Crippen molar-refractivity contribution in [3.63, 3.8) is 0 Å². The van der Waals surface area contributed by atoms with Crippen molar-refractivity contribution in [3.05, 3.63) is 0 Å². The Morgan fingerprint density at radius 1 is 1.23 bits per heavy atom. The summed E-state index contributed by atoms with van der Waals surface area (Å²) in [6.07, 6.45) is 3.07. The van der Waals surface area contributed by atoms with Gasteiger partial charge >= 0.3 is 6.09 Å². The van der Waals surface area contributed by atoms with Crippen molar-refractivity contribution < 1.29 is 19.0 Å². The molecule has 0 spiro atoms. The lowest BCUT2D eigenvalue weighted by molar-refractivity contribution is 0.0170. The van der Waals surface area contributed by atoms with Crippen molar-refractivity contribution in [2.24, 2.45) is 10.7 Å². The number of hydrogen-bond donors (Lipinski definition) is 1. The monoisotopic (exact) mass is 370 g/mol. The summed E-state index contributed by atoms with van der Waals surface area (Å²) in [5.74, 6) is 0.535. The first-order chi connectivity index (χ1) is 12.3. The molecule has 1 unspecified atom stereocenters. The Morgan fingerprint density at radius 3 is 2.54 bits per heavy atom. The Morgan fingerprint density at radius 2 is 1.92 bits per heavy atom. The largest absolute Gasteiger partial charge is 0.444 e. The molecule has 0 radical (unpaired) electrons. The van der Waals surface area contributed by atoms with Crippen LogP contribution in [0.15, 0.2) is 4.99 Å². The minimum absolute atomic E-state index is 0.268. The highest BCUT2D eigenvalue weighted by atomic mass is 16.6. The molecule has 26 heavy (non-hydrogen) atoms. The average molecular weight is 370 g/mol. The topological polar surface area (TPSA) is 89.6 Å². The lowest BCUT2D eigenvalue weighted by Gasteiger charge is -2.36. The molecule has 2 fully saturated rings. The Kier molecular flexibility index (Phi) is 7.96. The highest BCUT2D eigenvalue weighted by Gasteiger charge is 2.26. The molecule has 150 valence electrons. The van der Waals surface area contributed by atoms with Crippen molar-refractivity contribution >= 4 is 12.1 Å². The number of carbonyl (C=O) groups excluding carboxylic acids is 1. The van der Waals surface area contributed by atoms with E-state index in [0.29, 0.717) is 51.9 Å². The number of carbonyl (C=O) groups is 1. The minimum atomic E-state index is -0.472. The molecule has 1 amide bonds. The highest BCUT2D eigenvalue weighted by Crippen LogP contribution is 2.12. The Balaban J connectivity index is 1.58. The van der Waals surface area contributed by atoms with Gasteiger partial charge < -0.3 is 29.7 Å². The Labute approximate surface area is 156 Å². The molecule has 0 bridgehead atoms. The van der Waals surface area contributed by atoms with Gasteiger partial charge in [-0.2, -0.15) is 0 Å². The number of guanidine groups is 1. The van der Waals surface area contributed by atoms with Gasteiger partial charge in [-0.1, -0.05) is 0 Å². The first-order valence-electron chi connectivity index (χ1n) is 9.57. The van der Waals surface area contributed by atoms with E-state index in [1.165, 1.54) is 0 Å². The van der Waals surface area contributed by atoms with Crippen LogP contribution in [0.3, 0.4) is 0 Å². The Hall–Kier alpha value is -1.54. The van der Waals surface area contributed by atoms with Gasteiger partial charge in [0.1, 0.15) is 5.60 Å². The predicted molar refractivity (Wildman–Crippen MR) is 100 cm³/mol. The summed E-state index contributed by atoms with van der Waals surface area (Å²) in [6.45, 7) is 11.0. The van der Waals surface area contributed by atoms with E-state index in [2.05, 4.69) is 4.99 Å². The second-order valence-corrected chi connectivity index (χ2v) is 7.76. The summed E-state index contributed by atoms with van der Waals surface area (Å²) in [5, 5.41) is 0. The summed E-state index contributed by atoms with van der Waals surface area (Å²) in [5.41, 5.74) is 5.59. The number of nitrogens with two attached hydrogens (primary N) is 1. The van der Waals surface area contributed by atoms with Gasteiger partial charge in [0, 0.05) is 45.9 Å². The third-order valence-electron chi connectivity index (χ3n) is 4.30. The van der Waals surface area contributed by atoms with E-state index in [1.54, 1.807) is 4.90 Å². The van der Waals surface area contributed by atoms with Crippen LogP contribution in [0, 0.1) is 0 Å². The number of piperazine rings is 1. The summed E-state index contributed by atoms with van der Waals surface area (Å²) >= 11 is 0. The van der Waals surface area contributed by atoms with Gasteiger partial charge in [-0.25, -0.2) is 4.79 Å². The molecule has 0 saturated carbocycles. The number of nitrogens with zero attached hydrogens (tertiary/aromatic N) is 3.